The molecule has 0 spiro atoms. The molecule has 4 heteroatoms. The van der Waals surface area contributed by atoms with E-state index in [-0.39, 0.29) is 11.9 Å². The summed E-state index contributed by atoms with van der Waals surface area (Å²) < 4.78 is 6.92. The summed E-state index contributed by atoms with van der Waals surface area (Å²) in [7, 11) is 1.61. The van der Waals surface area contributed by atoms with Gasteiger partial charge in [0.2, 0.25) is 5.91 Å². The maximum absolute atomic E-state index is 12.0. The highest BCUT2D eigenvalue weighted by molar-refractivity contribution is 5.93. The number of anilines is 1. The van der Waals surface area contributed by atoms with E-state index in [0.29, 0.717) is 0 Å². The van der Waals surface area contributed by atoms with Crippen LogP contribution < -0.4 is 10.1 Å². The minimum atomic E-state index is -0.234. The van der Waals surface area contributed by atoms with Gasteiger partial charge in [0.1, 0.15) is 11.8 Å². The standard InChI is InChI=1S/C14H16N2O2/c1-11(16-9-3-4-10-16)14(17)15-12-5-7-13(18-2)8-6-12/h3-11H,1-2H3,(H,15,17)/t11-/m0/s1. The molecule has 0 aliphatic rings. The van der Waals surface area contributed by atoms with Gasteiger partial charge < -0.3 is 14.6 Å². The summed E-state index contributed by atoms with van der Waals surface area (Å²) in [6, 6.07) is 10.8. The minimum Gasteiger partial charge on any atom is -0.497 e. The van der Waals surface area contributed by atoms with Crippen molar-refractivity contribution in [1.29, 1.82) is 0 Å². The van der Waals surface area contributed by atoms with E-state index in [1.807, 2.05) is 60.3 Å². The fourth-order valence-electron chi connectivity index (χ4n) is 1.66. The highest BCUT2D eigenvalue weighted by Gasteiger charge is 2.13. The van der Waals surface area contributed by atoms with Gasteiger partial charge in [-0.15, -0.1) is 0 Å². The van der Waals surface area contributed by atoms with E-state index in [2.05, 4.69) is 5.32 Å². The first-order valence-electron chi connectivity index (χ1n) is 5.78. The third-order valence-corrected chi connectivity index (χ3v) is 2.81. The fourth-order valence-corrected chi connectivity index (χ4v) is 1.66. The molecule has 0 aliphatic carbocycles. The van der Waals surface area contributed by atoms with Crippen LogP contribution in [0.1, 0.15) is 13.0 Å². The molecule has 2 rings (SSSR count). The second-order valence-electron chi connectivity index (χ2n) is 4.02. The van der Waals surface area contributed by atoms with Gasteiger partial charge in [-0.25, -0.2) is 0 Å². The van der Waals surface area contributed by atoms with Crippen LogP contribution in [0.25, 0.3) is 0 Å². The molecule has 0 aliphatic heterocycles. The van der Waals surface area contributed by atoms with E-state index in [1.165, 1.54) is 0 Å². The van der Waals surface area contributed by atoms with E-state index < -0.39 is 0 Å². The van der Waals surface area contributed by atoms with Crippen molar-refractivity contribution >= 4 is 11.6 Å². The van der Waals surface area contributed by atoms with E-state index in [0.717, 1.165) is 11.4 Å². The average Bonchev–Trinajstić information content (AvgIpc) is 2.92. The number of hydrogen-bond acceptors (Lipinski definition) is 2. The van der Waals surface area contributed by atoms with E-state index in [4.69, 9.17) is 4.74 Å². The number of ether oxygens (including phenoxy) is 1. The van der Waals surface area contributed by atoms with Crippen molar-refractivity contribution in [2.45, 2.75) is 13.0 Å². The summed E-state index contributed by atoms with van der Waals surface area (Å²) in [6.07, 6.45) is 3.75. The van der Waals surface area contributed by atoms with Gasteiger partial charge in [-0.05, 0) is 43.3 Å². The van der Waals surface area contributed by atoms with Crippen LogP contribution in [0, 0.1) is 0 Å². The average molecular weight is 244 g/mol. The molecule has 1 heterocycles. The van der Waals surface area contributed by atoms with Crippen molar-refractivity contribution in [2.24, 2.45) is 0 Å². The third kappa shape index (κ3) is 2.71. The van der Waals surface area contributed by atoms with Gasteiger partial charge in [0.25, 0.3) is 0 Å². The number of methoxy groups -OCH3 is 1. The molecule has 1 aromatic heterocycles. The van der Waals surface area contributed by atoms with Crippen molar-refractivity contribution < 1.29 is 9.53 Å². The first-order valence-corrected chi connectivity index (χ1v) is 5.78. The third-order valence-electron chi connectivity index (χ3n) is 2.81. The first kappa shape index (κ1) is 12.2. The zero-order valence-corrected chi connectivity index (χ0v) is 10.5. The zero-order valence-electron chi connectivity index (χ0n) is 10.5. The maximum Gasteiger partial charge on any atom is 0.247 e. The predicted octanol–water partition coefficient (Wildman–Crippen LogP) is 2.70. The maximum atomic E-state index is 12.0. The van der Waals surface area contributed by atoms with Gasteiger partial charge in [0, 0.05) is 18.1 Å². The second-order valence-corrected chi connectivity index (χ2v) is 4.02. The van der Waals surface area contributed by atoms with Gasteiger partial charge in [-0.1, -0.05) is 0 Å². The zero-order chi connectivity index (χ0) is 13.0. The Balaban J connectivity index is 2.02. The number of rotatable bonds is 4. The summed E-state index contributed by atoms with van der Waals surface area (Å²) in [5.74, 6) is 0.725. The van der Waals surface area contributed by atoms with Crippen LogP contribution in [0.2, 0.25) is 0 Å². The van der Waals surface area contributed by atoms with Crippen LogP contribution in [-0.4, -0.2) is 17.6 Å². The molecule has 0 fully saturated rings. The summed E-state index contributed by atoms with van der Waals surface area (Å²) in [6.45, 7) is 1.86. The van der Waals surface area contributed by atoms with Crippen LogP contribution in [0.4, 0.5) is 5.69 Å². The number of nitrogens with one attached hydrogen (secondary N) is 1. The smallest absolute Gasteiger partial charge is 0.247 e. The molecule has 2 aromatic rings. The molecule has 0 saturated carbocycles. The van der Waals surface area contributed by atoms with Crippen LogP contribution in [-0.2, 0) is 4.79 Å². The SMILES string of the molecule is COc1ccc(NC(=O)[C@H](C)n2cccc2)cc1. The fraction of sp³-hybridized carbons (Fsp3) is 0.214. The molecule has 1 aromatic carbocycles. The number of hydrogen-bond donors (Lipinski definition) is 1. The molecule has 1 N–H and O–H groups in total. The summed E-state index contributed by atoms with van der Waals surface area (Å²) in [5, 5.41) is 2.87. The Morgan fingerprint density at radius 1 is 1.22 bits per heavy atom. The molecule has 4 nitrogen and oxygen atoms in total. The summed E-state index contributed by atoms with van der Waals surface area (Å²) in [4.78, 5) is 12.0. The Morgan fingerprint density at radius 2 is 1.83 bits per heavy atom. The van der Waals surface area contributed by atoms with Gasteiger partial charge >= 0.3 is 0 Å². The number of benzene rings is 1. The van der Waals surface area contributed by atoms with Crippen molar-refractivity contribution in [3.63, 3.8) is 0 Å². The molecule has 18 heavy (non-hydrogen) atoms. The van der Waals surface area contributed by atoms with Crippen LogP contribution in [0.15, 0.2) is 48.8 Å². The normalized spacial score (nSPS) is 11.9. The lowest BCUT2D eigenvalue weighted by Crippen LogP contribution is -2.22. The van der Waals surface area contributed by atoms with Crippen molar-refractivity contribution in [1.82, 2.24) is 4.57 Å². The van der Waals surface area contributed by atoms with E-state index >= 15 is 0 Å². The molecule has 1 atom stereocenters. The summed E-state index contributed by atoms with van der Waals surface area (Å²) >= 11 is 0. The lowest BCUT2D eigenvalue weighted by Gasteiger charge is -2.14. The Kier molecular flexibility index (Phi) is 3.67. The monoisotopic (exact) mass is 244 g/mol. The van der Waals surface area contributed by atoms with Gasteiger partial charge in [0.15, 0.2) is 0 Å². The molecular weight excluding hydrogens is 228 g/mol. The minimum absolute atomic E-state index is 0.0450. The second kappa shape index (κ2) is 5.40. The number of carbonyl (C=O) groups is 1. The van der Waals surface area contributed by atoms with Crippen LogP contribution >= 0.6 is 0 Å². The lowest BCUT2D eigenvalue weighted by atomic mass is 10.2. The van der Waals surface area contributed by atoms with Crippen molar-refractivity contribution in [3.05, 3.63) is 48.8 Å². The molecule has 0 radical (unpaired) electrons. The van der Waals surface area contributed by atoms with E-state index in [9.17, 15) is 4.79 Å². The topological polar surface area (TPSA) is 43.3 Å². The van der Waals surface area contributed by atoms with Gasteiger partial charge in [0.05, 0.1) is 7.11 Å². The molecule has 0 unspecified atom stereocenters. The Morgan fingerprint density at radius 3 is 2.39 bits per heavy atom. The number of aromatic nitrogens is 1. The van der Waals surface area contributed by atoms with Crippen molar-refractivity contribution in [2.75, 3.05) is 12.4 Å². The Hall–Kier alpha value is -2.23. The highest BCUT2D eigenvalue weighted by atomic mass is 16.5. The quantitative estimate of drug-likeness (QED) is 0.898. The van der Waals surface area contributed by atoms with E-state index in [1.54, 1.807) is 7.11 Å². The molecular formula is C14H16N2O2. The lowest BCUT2D eigenvalue weighted by molar-refractivity contribution is -0.118. The first-order chi connectivity index (χ1) is 8.70. The molecule has 1 amide bonds. The highest BCUT2D eigenvalue weighted by Crippen LogP contribution is 2.16. The Bertz CT molecular complexity index is 503. The summed E-state index contributed by atoms with van der Waals surface area (Å²) in [5.41, 5.74) is 0.764. The van der Waals surface area contributed by atoms with Crippen LogP contribution in [0.3, 0.4) is 0 Å². The largest absolute Gasteiger partial charge is 0.497 e. The predicted molar refractivity (Wildman–Crippen MR) is 70.8 cm³/mol. The van der Waals surface area contributed by atoms with Gasteiger partial charge in [-0.3, -0.25) is 4.79 Å². The molecule has 0 bridgehead atoms. The molecule has 94 valence electrons. The number of amides is 1. The number of nitrogens with zero attached hydrogens (tertiary/aromatic N) is 1. The van der Waals surface area contributed by atoms with Crippen molar-refractivity contribution in [3.8, 4) is 5.75 Å². The number of carbonyl (C=O) groups excluding carboxylic acids is 1. The Labute approximate surface area is 106 Å². The van der Waals surface area contributed by atoms with Crippen LogP contribution in [0.5, 0.6) is 5.75 Å². The molecule has 0 saturated heterocycles. The van der Waals surface area contributed by atoms with Gasteiger partial charge in [-0.2, -0.15) is 0 Å².